The van der Waals surface area contributed by atoms with Crippen LogP contribution in [0.1, 0.15) is 37.1 Å². The second-order valence-corrected chi connectivity index (χ2v) is 7.66. The van der Waals surface area contributed by atoms with Crippen LogP contribution in [0.5, 0.6) is 0 Å². The van der Waals surface area contributed by atoms with Crippen LogP contribution in [0.4, 0.5) is 23.4 Å². The molecule has 2 aromatic rings. The van der Waals surface area contributed by atoms with Gasteiger partial charge in [-0.15, -0.1) is 0 Å². The monoisotopic (exact) mass is 394 g/mol. The van der Waals surface area contributed by atoms with E-state index in [1.165, 1.54) is 18.2 Å². The molecule has 1 aromatic carbocycles. The molecular weight excluding hydrogens is 372 g/mol. The highest BCUT2D eigenvalue weighted by molar-refractivity contribution is 5.42. The van der Waals surface area contributed by atoms with Crippen molar-refractivity contribution in [3.63, 3.8) is 0 Å². The van der Waals surface area contributed by atoms with Gasteiger partial charge in [0.25, 0.3) is 0 Å². The Kier molecular flexibility index (Phi) is 5.04. The van der Waals surface area contributed by atoms with Crippen molar-refractivity contribution in [2.24, 2.45) is 11.8 Å². The van der Waals surface area contributed by atoms with Crippen molar-refractivity contribution in [3.05, 3.63) is 59.5 Å². The Balaban J connectivity index is 1.44. The number of aromatic nitrogens is 1. The first kappa shape index (κ1) is 19.2. The van der Waals surface area contributed by atoms with E-state index in [0.717, 1.165) is 24.5 Å². The number of fused-ring (bicyclic) bond motifs is 1. The molecule has 1 aromatic heterocycles. The Morgan fingerprint density at radius 2 is 1.89 bits per heavy atom. The number of ether oxygens (including phenoxy) is 1. The minimum Gasteiger partial charge on any atom is -0.370 e. The van der Waals surface area contributed by atoms with E-state index in [0.29, 0.717) is 24.8 Å². The number of benzene rings is 1. The van der Waals surface area contributed by atoms with Crippen LogP contribution in [0.2, 0.25) is 0 Å². The van der Waals surface area contributed by atoms with Crippen molar-refractivity contribution < 1.29 is 22.3 Å². The molecule has 2 aliphatic rings. The number of alkyl halides is 3. The molecule has 150 valence electrons. The van der Waals surface area contributed by atoms with Crippen molar-refractivity contribution in [1.82, 2.24) is 4.98 Å². The Bertz CT molecular complexity index is 841. The van der Waals surface area contributed by atoms with Crippen LogP contribution in [0.25, 0.3) is 0 Å². The number of halogens is 4. The van der Waals surface area contributed by atoms with Gasteiger partial charge in [-0.2, -0.15) is 13.2 Å². The second kappa shape index (κ2) is 7.35. The SMILES string of the molecule is CC(O[C@H]1CC[C@@H]2CN(c3cccc(C(F)(F)F)n3)C[C@@H]21)c1cccc(F)c1. The average Bonchev–Trinajstić information content (AvgIpc) is 3.23. The molecule has 1 saturated heterocycles. The number of pyridine rings is 1. The molecule has 0 radical (unpaired) electrons. The molecule has 7 heteroatoms. The number of hydrogen-bond donors (Lipinski definition) is 0. The molecule has 1 aliphatic heterocycles. The zero-order valence-electron chi connectivity index (χ0n) is 15.5. The molecule has 3 nitrogen and oxygen atoms in total. The van der Waals surface area contributed by atoms with E-state index >= 15 is 0 Å². The molecule has 4 rings (SSSR count). The molecule has 2 heterocycles. The Morgan fingerprint density at radius 3 is 2.64 bits per heavy atom. The van der Waals surface area contributed by atoms with E-state index in [4.69, 9.17) is 4.74 Å². The van der Waals surface area contributed by atoms with Crippen LogP contribution in [0, 0.1) is 17.7 Å². The molecule has 1 saturated carbocycles. The van der Waals surface area contributed by atoms with Crippen molar-refractivity contribution in [3.8, 4) is 0 Å². The van der Waals surface area contributed by atoms with E-state index in [-0.39, 0.29) is 23.9 Å². The lowest BCUT2D eigenvalue weighted by molar-refractivity contribution is -0.141. The lowest BCUT2D eigenvalue weighted by atomic mass is 9.99. The number of nitrogens with zero attached hydrogens (tertiary/aromatic N) is 2. The molecule has 1 unspecified atom stereocenters. The summed E-state index contributed by atoms with van der Waals surface area (Å²) in [5, 5.41) is 0. The third-order valence-electron chi connectivity index (χ3n) is 5.84. The summed E-state index contributed by atoms with van der Waals surface area (Å²) in [6.07, 6.45) is -2.78. The Morgan fingerprint density at radius 1 is 1.11 bits per heavy atom. The van der Waals surface area contributed by atoms with Crippen LogP contribution in [-0.2, 0) is 10.9 Å². The average molecular weight is 394 g/mol. The highest BCUT2D eigenvalue weighted by Crippen LogP contribution is 2.43. The maximum absolute atomic E-state index is 13.5. The maximum Gasteiger partial charge on any atom is 0.433 e. The summed E-state index contributed by atoms with van der Waals surface area (Å²) in [4.78, 5) is 5.74. The lowest BCUT2D eigenvalue weighted by Gasteiger charge is -2.25. The first-order chi connectivity index (χ1) is 13.3. The van der Waals surface area contributed by atoms with E-state index in [1.54, 1.807) is 12.1 Å². The lowest BCUT2D eigenvalue weighted by Crippen LogP contribution is -2.28. The van der Waals surface area contributed by atoms with Crippen LogP contribution in [-0.4, -0.2) is 24.2 Å². The van der Waals surface area contributed by atoms with Crippen LogP contribution in [0.15, 0.2) is 42.5 Å². The topological polar surface area (TPSA) is 25.4 Å². The minimum atomic E-state index is -4.45. The normalized spacial score (nSPS) is 25.8. The van der Waals surface area contributed by atoms with Gasteiger partial charge >= 0.3 is 6.18 Å². The third kappa shape index (κ3) is 3.85. The van der Waals surface area contributed by atoms with E-state index < -0.39 is 11.9 Å². The summed E-state index contributed by atoms with van der Waals surface area (Å²) in [6.45, 7) is 3.22. The molecule has 28 heavy (non-hydrogen) atoms. The standard InChI is InChI=1S/C21H22F4N2O/c1-13(14-4-2-5-16(22)10-14)28-18-9-8-15-11-27(12-17(15)18)20-7-3-6-19(26-20)21(23,24)25/h2-7,10,13,15,17-18H,8-9,11-12H2,1H3/t13?,15-,17+,18+/m1/s1. The molecule has 0 spiro atoms. The number of anilines is 1. The van der Waals surface area contributed by atoms with Crippen molar-refractivity contribution in [1.29, 1.82) is 0 Å². The summed E-state index contributed by atoms with van der Waals surface area (Å²) < 4.78 is 58.6. The Hall–Kier alpha value is -2.15. The van der Waals surface area contributed by atoms with Gasteiger partial charge in [0, 0.05) is 19.0 Å². The second-order valence-electron chi connectivity index (χ2n) is 7.66. The van der Waals surface area contributed by atoms with Crippen LogP contribution in [0.3, 0.4) is 0 Å². The predicted molar refractivity (Wildman–Crippen MR) is 97.4 cm³/mol. The highest BCUT2D eigenvalue weighted by atomic mass is 19.4. The summed E-state index contributed by atoms with van der Waals surface area (Å²) in [5.74, 6) is 0.689. The summed E-state index contributed by atoms with van der Waals surface area (Å²) in [5.41, 5.74) is -0.0765. The third-order valence-corrected chi connectivity index (χ3v) is 5.84. The van der Waals surface area contributed by atoms with Gasteiger partial charge in [0.1, 0.15) is 17.3 Å². The van der Waals surface area contributed by atoms with Gasteiger partial charge in [-0.1, -0.05) is 18.2 Å². The first-order valence-electron chi connectivity index (χ1n) is 9.51. The van der Waals surface area contributed by atoms with Gasteiger partial charge in [0.2, 0.25) is 0 Å². The van der Waals surface area contributed by atoms with Gasteiger partial charge in [0.05, 0.1) is 12.2 Å². The summed E-state index contributed by atoms with van der Waals surface area (Å²) >= 11 is 0. The molecule has 0 N–H and O–H groups in total. The fourth-order valence-corrected chi connectivity index (χ4v) is 4.43. The number of hydrogen-bond acceptors (Lipinski definition) is 3. The van der Waals surface area contributed by atoms with Crippen molar-refractivity contribution in [2.45, 2.75) is 38.1 Å². The predicted octanol–water partition coefficient (Wildman–Crippen LogP) is 5.23. The van der Waals surface area contributed by atoms with Crippen LogP contribution < -0.4 is 4.90 Å². The molecule has 4 atom stereocenters. The molecule has 1 aliphatic carbocycles. The highest BCUT2D eigenvalue weighted by Gasteiger charge is 2.44. The van der Waals surface area contributed by atoms with Gasteiger partial charge in [-0.3, -0.25) is 0 Å². The maximum atomic E-state index is 13.5. The number of rotatable bonds is 4. The zero-order valence-corrected chi connectivity index (χ0v) is 15.5. The van der Waals surface area contributed by atoms with E-state index in [1.807, 2.05) is 17.9 Å². The fraction of sp³-hybridized carbons (Fsp3) is 0.476. The van der Waals surface area contributed by atoms with Gasteiger partial charge in [0.15, 0.2) is 0 Å². The molecule has 2 fully saturated rings. The summed E-state index contributed by atoms with van der Waals surface area (Å²) in [6, 6.07) is 10.4. The van der Waals surface area contributed by atoms with Gasteiger partial charge in [-0.05, 0) is 55.5 Å². The smallest absolute Gasteiger partial charge is 0.370 e. The molecular formula is C21H22F4N2O. The van der Waals surface area contributed by atoms with Gasteiger partial charge < -0.3 is 9.64 Å². The Labute approximate surface area is 161 Å². The van der Waals surface area contributed by atoms with Gasteiger partial charge in [-0.25, -0.2) is 9.37 Å². The zero-order chi connectivity index (χ0) is 19.9. The minimum absolute atomic E-state index is 0.0130. The van der Waals surface area contributed by atoms with Crippen molar-refractivity contribution in [2.75, 3.05) is 18.0 Å². The first-order valence-corrected chi connectivity index (χ1v) is 9.51. The largest absolute Gasteiger partial charge is 0.433 e. The van der Waals surface area contributed by atoms with E-state index in [2.05, 4.69) is 4.98 Å². The van der Waals surface area contributed by atoms with Crippen LogP contribution >= 0.6 is 0 Å². The molecule has 0 bridgehead atoms. The fourth-order valence-electron chi connectivity index (χ4n) is 4.43. The molecule has 0 amide bonds. The van der Waals surface area contributed by atoms with Crippen molar-refractivity contribution >= 4 is 5.82 Å². The van der Waals surface area contributed by atoms with E-state index in [9.17, 15) is 17.6 Å². The summed E-state index contributed by atoms with van der Waals surface area (Å²) in [7, 11) is 0. The quantitative estimate of drug-likeness (QED) is 0.664.